The van der Waals surface area contributed by atoms with Gasteiger partial charge in [-0.15, -0.1) is 0 Å². The summed E-state index contributed by atoms with van der Waals surface area (Å²) in [4.78, 5) is 16.2. The molecule has 1 heterocycles. The molecule has 0 atom stereocenters. The molecule has 0 spiro atoms. The first-order valence-corrected chi connectivity index (χ1v) is 6.16. The molecule has 0 aliphatic rings. The molecule has 1 aromatic carbocycles. The smallest absolute Gasteiger partial charge is 0.267 e. The zero-order valence-electron chi connectivity index (χ0n) is 9.33. The van der Waals surface area contributed by atoms with Crippen molar-refractivity contribution in [3.63, 3.8) is 0 Å². The number of thiazole rings is 1. The van der Waals surface area contributed by atoms with Gasteiger partial charge in [0, 0.05) is 0 Å². The number of rotatable bonds is 2. The predicted octanol–water partition coefficient (Wildman–Crippen LogP) is 3.08. The van der Waals surface area contributed by atoms with Crippen LogP contribution < -0.4 is 11.1 Å². The lowest BCUT2D eigenvalue weighted by molar-refractivity contribution is 0.102. The second kappa shape index (κ2) is 4.91. The lowest BCUT2D eigenvalue weighted by Crippen LogP contribution is -2.13. The van der Waals surface area contributed by atoms with Crippen LogP contribution >= 0.6 is 22.9 Å². The number of halogens is 2. The summed E-state index contributed by atoms with van der Waals surface area (Å²) in [6.07, 6.45) is 0. The van der Waals surface area contributed by atoms with Crippen LogP contribution in [0.5, 0.6) is 0 Å². The van der Waals surface area contributed by atoms with E-state index >= 15 is 0 Å². The Hall–Kier alpha value is -1.66. The van der Waals surface area contributed by atoms with Crippen molar-refractivity contribution >= 4 is 39.7 Å². The van der Waals surface area contributed by atoms with Gasteiger partial charge in [-0.3, -0.25) is 4.79 Å². The number of nitrogen functional groups attached to an aromatic ring is 1. The van der Waals surface area contributed by atoms with Crippen molar-refractivity contribution in [2.75, 3.05) is 11.1 Å². The second-order valence-electron chi connectivity index (χ2n) is 3.52. The summed E-state index contributed by atoms with van der Waals surface area (Å²) >= 11 is 6.86. The standard InChI is InChI=1S/C11H9ClFN3OS/c1-5-9(18-11(14)15-5)10(17)16-8-6(12)3-2-4-7(8)13/h2-4H,1H3,(H2,14,15)(H,16,17). The number of para-hydroxylation sites is 1. The van der Waals surface area contributed by atoms with Crippen LogP contribution in [0.3, 0.4) is 0 Å². The van der Waals surface area contributed by atoms with Gasteiger partial charge in [-0.05, 0) is 19.1 Å². The number of nitrogens with one attached hydrogen (secondary N) is 1. The van der Waals surface area contributed by atoms with E-state index in [0.717, 1.165) is 11.3 Å². The summed E-state index contributed by atoms with van der Waals surface area (Å²) in [6, 6.07) is 4.17. The summed E-state index contributed by atoms with van der Waals surface area (Å²) in [6.45, 7) is 1.66. The monoisotopic (exact) mass is 285 g/mol. The SMILES string of the molecule is Cc1nc(N)sc1C(=O)Nc1c(F)cccc1Cl. The van der Waals surface area contributed by atoms with Gasteiger partial charge in [0.1, 0.15) is 10.7 Å². The number of carbonyl (C=O) groups is 1. The van der Waals surface area contributed by atoms with E-state index in [4.69, 9.17) is 17.3 Å². The van der Waals surface area contributed by atoms with Crippen LogP contribution in [-0.4, -0.2) is 10.9 Å². The van der Waals surface area contributed by atoms with Gasteiger partial charge in [-0.25, -0.2) is 9.37 Å². The quantitative estimate of drug-likeness (QED) is 0.891. The molecule has 94 valence electrons. The summed E-state index contributed by atoms with van der Waals surface area (Å²) in [5.74, 6) is -1.07. The van der Waals surface area contributed by atoms with Gasteiger partial charge < -0.3 is 11.1 Å². The van der Waals surface area contributed by atoms with Crippen LogP contribution in [0, 0.1) is 12.7 Å². The number of benzene rings is 1. The number of hydrogen-bond acceptors (Lipinski definition) is 4. The lowest BCUT2D eigenvalue weighted by atomic mass is 10.3. The molecule has 1 aromatic heterocycles. The Bertz CT molecular complexity index is 594. The second-order valence-corrected chi connectivity index (χ2v) is 4.96. The first kappa shape index (κ1) is 12.8. The molecule has 7 heteroatoms. The van der Waals surface area contributed by atoms with Gasteiger partial charge >= 0.3 is 0 Å². The first-order valence-electron chi connectivity index (χ1n) is 4.97. The van der Waals surface area contributed by atoms with Crippen LogP contribution in [0.4, 0.5) is 15.2 Å². The normalized spacial score (nSPS) is 10.4. The van der Waals surface area contributed by atoms with E-state index in [2.05, 4.69) is 10.3 Å². The lowest BCUT2D eigenvalue weighted by Gasteiger charge is -2.07. The van der Waals surface area contributed by atoms with Crippen molar-refractivity contribution < 1.29 is 9.18 Å². The molecule has 0 unspecified atom stereocenters. The average Bonchev–Trinajstić information content (AvgIpc) is 2.63. The largest absolute Gasteiger partial charge is 0.375 e. The topological polar surface area (TPSA) is 68.0 Å². The molecule has 2 rings (SSSR count). The van der Waals surface area contributed by atoms with E-state index in [1.807, 2.05) is 0 Å². The highest BCUT2D eigenvalue weighted by atomic mass is 35.5. The molecule has 4 nitrogen and oxygen atoms in total. The highest BCUT2D eigenvalue weighted by Crippen LogP contribution is 2.27. The summed E-state index contributed by atoms with van der Waals surface area (Å²) in [5, 5.41) is 2.84. The van der Waals surface area contributed by atoms with Gasteiger partial charge in [0.05, 0.1) is 16.4 Å². The van der Waals surface area contributed by atoms with E-state index in [1.54, 1.807) is 6.92 Å². The zero-order chi connectivity index (χ0) is 13.3. The average molecular weight is 286 g/mol. The van der Waals surface area contributed by atoms with Crippen molar-refractivity contribution in [3.05, 3.63) is 39.6 Å². The Morgan fingerprint density at radius 2 is 2.28 bits per heavy atom. The number of nitrogens with two attached hydrogens (primary N) is 1. The van der Waals surface area contributed by atoms with Crippen LogP contribution in [-0.2, 0) is 0 Å². The summed E-state index contributed by atoms with van der Waals surface area (Å²) < 4.78 is 13.5. The van der Waals surface area contributed by atoms with Gasteiger partial charge in [-0.1, -0.05) is 29.0 Å². The van der Waals surface area contributed by atoms with Gasteiger partial charge in [0.2, 0.25) is 0 Å². The van der Waals surface area contributed by atoms with Crippen molar-refractivity contribution in [1.29, 1.82) is 0 Å². The maximum Gasteiger partial charge on any atom is 0.267 e. The molecule has 0 saturated heterocycles. The predicted molar refractivity (Wildman–Crippen MR) is 70.6 cm³/mol. The number of amides is 1. The van der Waals surface area contributed by atoms with Crippen LogP contribution in [0.2, 0.25) is 5.02 Å². The third-order valence-corrected chi connectivity index (χ3v) is 3.52. The Morgan fingerprint density at radius 1 is 1.56 bits per heavy atom. The maximum atomic E-state index is 13.5. The van der Waals surface area contributed by atoms with Crippen molar-refractivity contribution in [3.8, 4) is 0 Å². The number of aromatic nitrogens is 1. The van der Waals surface area contributed by atoms with Gasteiger partial charge in [0.25, 0.3) is 5.91 Å². The van der Waals surface area contributed by atoms with Crippen molar-refractivity contribution in [2.24, 2.45) is 0 Å². The van der Waals surface area contributed by atoms with Gasteiger partial charge in [0.15, 0.2) is 5.13 Å². The number of hydrogen-bond donors (Lipinski definition) is 2. The summed E-state index contributed by atoms with van der Waals surface area (Å²) in [7, 11) is 0. The van der Waals surface area contributed by atoms with Crippen LogP contribution in [0.15, 0.2) is 18.2 Å². The summed E-state index contributed by atoms with van der Waals surface area (Å²) in [5.41, 5.74) is 5.95. The van der Waals surface area contributed by atoms with Crippen molar-refractivity contribution in [1.82, 2.24) is 4.98 Å². The van der Waals surface area contributed by atoms with Gasteiger partial charge in [-0.2, -0.15) is 0 Å². The minimum absolute atomic E-state index is 0.0458. The Balaban J connectivity index is 2.30. The molecule has 0 bridgehead atoms. The van der Waals surface area contributed by atoms with E-state index in [-0.39, 0.29) is 15.8 Å². The fourth-order valence-electron chi connectivity index (χ4n) is 1.42. The Morgan fingerprint density at radius 3 is 2.83 bits per heavy atom. The van der Waals surface area contributed by atoms with E-state index in [0.29, 0.717) is 10.6 Å². The molecule has 2 aromatic rings. The van der Waals surface area contributed by atoms with Crippen molar-refractivity contribution in [2.45, 2.75) is 6.92 Å². The van der Waals surface area contributed by atoms with Crippen LogP contribution in [0.25, 0.3) is 0 Å². The van der Waals surface area contributed by atoms with E-state index in [1.165, 1.54) is 18.2 Å². The van der Waals surface area contributed by atoms with E-state index in [9.17, 15) is 9.18 Å². The van der Waals surface area contributed by atoms with E-state index < -0.39 is 11.7 Å². The molecular formula is C11H9ClFN3OS. The highest BCUT2D eigenvalue weighted by molar-refractivity contribution is 7.17. The molecule has 0 radical (unpaired) electrons. The molecule has 3 N–H and O–H groups in total. The maximum absolute atomic E-state index is 13.5. The molecular weight excluding hydrogens is 277 g/mol. The number of aryl methyl sites for hydroxylation is 1. The third kappa shape index (κ3) is 2.44. The first-order chi connectivity index (χ1) is 8.49. The minimum Gasteiger partial charge on any atom is -0.375 e. The Kier molecular flexibility index (Phi) is 3.49. The molecule has 0 saturated carbocycles. The number of nitrogens with zero attached hydrogens (tertiary/aromatic N) is 1. The zero-order valence-corrected chi connectivity index (χ0v) is 10.9. The Labute approximate surface area is 112 Å². The molecule has 1 amide bonds. The fourth-order valence-corrected chi connectivity index (χ4v) is 2.35. The fraction of sp³-hybridized carbons (Fsp3) is 0.0909. The third-order valence-electron chi connectivity index (χ3n) is 2.22. The molecule has 0 aliphatic carbocycles. The molecule has 0 aliphatic heterocycles. The molecule has 18 heavy (non-hydrogen) atoms. The highest BCUT2D eigenvalue weighted by Gasteiger charge is 2.17. The van der Waals surface area contributed by atoms with Crippen LogP contribution in [0.1, 0.15) is 15.4 Å². The number of anilines is 2. The number of carbonyl (C=O) groups excluding carboxylic acids is 1. The minimum atomic E-state index is -0.592. The molecule has 0 fully saturated rings.